The fourth-order valence-electron chi connectivity index (χ4n) is 4.91. The van der Waals surface area contributed by atoms with Crippen molar-refractivity contribution in [1.29, 1.82) is 0 Å². The molecule has 0 aliphatic rings. The van der Waals surface area contributed by atoms with Gasteiger partial charge in [-0.25, -0.2) is 18.7 Å². The number of alkyl halides is 3. The van der Waals surface area contributed by atoms with Crippen LogP contribution < -0.4 is 4.74 Å². The number of carbonyl (C=O) groups excluding carboxylic acids is 2. The quantitative estimate of drug-likeness (QED) is 0.0871. The highest BCUT2D eigenvalue weighted by molar-refractivity contribution is 5.96. The van der Waals surface area contributed by atoms with Gasteiger partial charge >= 0.3 is 12.1 Å². The highest BCUT2D eigenvalue weighted by Gasteiger charge is 2.36. The standard InChI is InChI=1S/C32H32F5N3O4/c1-20-17-40-28(21(2)39-29(40)30(38-20)44-19-23-24(33)10-7-11-25(23)34)26(41)12-13-31(3,14-15-32(35,36)37)16-27(42)43-18-22-8-5-4-6-9-22/h4-11,17H,12-16,18-19H2,1-3H3. The number of esters is 1. The summed E-state index contributed by atoms with van der Waals surface area (Å²) in [4.78, 5) is 34.9. The van der Waals surface area contributed by atoms with E-state index in [-0.39, 0.29) is 55.1 Å². The fraction of sp³-hybridized carbons (Fsp3) is 0.375. The zero-order valence-electron chi connectivity index (χ0n) is 24.5. The lowest BCUT2D eigenvalue weighted by atomic mass is 9.77. The Morgan fingerprint density at radius 3 is 2.23 bits per heavy atom. The van der Waals surface area contributed by atoms with Crippen molar-refractivity contribution >= 4 is 17.4 Å². The van der Waals surface area contributed by atoms with Gasteiger partial charge in [-0.3, -0.25) is 14.0 Å². The number of benzene rings is 2. The first-order valence-corrected chi connectivity index (χ1v) is 14.0. The monoisotopic (exact) mass is 617 g/mol. The molecule has 234 valence electrons. The number of hydrogen-bond acceptors (Lipinski definition) is 6. The zero-order valence-corrected chi connectivity index (χ0v) is 24.5. The van der Waals surface area contributed by atoms with E-state index in [1.165, 1.54) is 10.5 Å². The van der Waals surface area contributed by atoms with Crippen molar-refractivity contribution in [3.8, 4) is 5.88 Å². The number of imidazole rings is 1. The van der Waals surface area contributed by atoms with Gasteiger partial charge in [0.1, 0.15) is 30.5 Å². The predicted molar refractivity (Wildman–Crippen MR) is 151 cm³/mol. The maximum atomic E-state index is 14.1. The van der Waals surface area contributed by atoms with E-state index in [4.69, 9.17) is 9.47 Å². The van der Waals surface area contributed by atoms with Gasteiger partial charge in [0, 0.05) is 19.0 Å². The van der Waals surface area contributed by atoms with E-state index >= 15 is 0 Å². The van der Waals surface area contributed by atoms with Crippen LogP contribution >= 0.6 is 0 Å². The summed E-state index contributed by atoms with van der Waals surface area (Å²) in [7, 11) is 0. The van der Waals surface area contributed by atoms with Crippen LogP contribution in [0.5, 0.6) is 5.88 Å². The first kappa shape index (κ1) is 32.6. The van der Waals surface area contributed by atoms with Crippen molar-refractivity contribution in [2.24, 2.45) is 5.41 Å². The molecular weight excluding hydrogens is 585 g/mol. The first-order chi connectivity index (χ1) is 20.7. The van der Waals surface area contributed by atoms with Crippen LogP contribution in [-0.4, -0.2) is 32.3 Å². The molecule has 12 heteroatoms. The molecule has 2 aromatic carbocycles. The Balaban J connectivity index is 1.51. The molecule has 1 unspecified atom stereocenters. The molecule has 0 saturated heterocycles. The molecule has 0 radical (unpaired) electrons. The molecule has 0 N–H and O–H groups in total. The lowest BCUT2D eigenvalue weighted by molar-refractivity contribution is -0.152. The smallest absolute Gasteiger partial charge is 0.389 e. The van der Waals surface area contributed by atoms with E-state index in [0.717, 1.165) is 17.7 Å². The molecule has 4 rings (SSSR count). The van der Waals surface area contributed by atoms with Crippen LogP contribution in [0.4, 0.5) is 22.0 Å². The summed E-state index contributed by atoms with van der Waals surface area (Å²) < 4.78 is 80.2. The Bertz CT molecular complexity index is 1620. The predicted octanol–water partition coefficient (Wildman–Crippen LogP) is 7.65. The van der Waals surface area contributed by atoms with E-state index in [0.29, 0.717) is 11.4 Å². The maximum Gasteiger partial charge on any atom is 0.389 e. The highest BCUT2D eigenvalue weighted by atomic mass is 19.4. The minimum atomic E-state index is -4.44. The summed E-state index contributed by atoms with van der Waals surface area (Å²) in [6.45, 7) is 4.27. The van der Waals surface area contributed by atoms with E-state index in [9.17, 15) is 31.5 Å². The number of carbonyl (C=O) groups is 2. The Morgan fingerprint density at radius 1 is 0.886 bits per heavy atom. The minimum absolute atomic E-state index is 0.0176. The number of aryl methyl sites for hydroxylation is 2. The van der Waals surface area contributed by atoms with Crippen molar-refractivity contribution in [2.75, 3.05) is 0 Å². The number of hydrogen-bond donors (Lipinski definition) is 0. The Morgan fingerprint density at radius 2 is 1.57 bits per heavy atom. The van der Waals surface area contributed by atoms with Crippen molar-refractivity contribution in [3.63, 3.8) is 0 Å². The lowest BCUT2D eigenvalue weighted by Crippen LogP contribution is -2.26. The Kier molecular flexibility index (Phi) is 10.0. The molecule has 1 atom stereocenters. The van der Waals surface area contributed by atoms with Gasteiger partial charge in [0.15, 0.2) is 5.78 Å². The second kappa shape index (κ2) is 13.5. The number of nitrogens with zero attached hydrogens (tertiary/aromatic N) is 3. The summed E-state index contributed by atoms with van der Waals surface area (Å²) >= 11 is 0. The Hall–Kier alpha value is -4.35. The zero-order chi connectivity index (χ0) is 32.1. The van der Waals surface area contributed by atoms with Crippen LogP contribution in [0.3, 0.4) is 0 Å². The summed E-state index contributed by atoms with van der Waals surface area (Å²) in [5.74, 6) is -2.71. The molecule has 0 saturated carbocycles. The second-order valence-corrected chi connectivity index (χ2v) is 11.1. The van der Waals surface area contributed by atoms with E-state index in [2.05, 4.69) is 9.97 Å². The third-order valence-corrected chi connectivity index (χ3v) is 7.33. The average Bonchev–Trinajstić information content (AvgIpc) is 3.29. The third kappa shape index (κ3) is 8.39. The summed E-state index contributed by atoms with van der Waals surface area (Å²) in [5.41, 5.74) is 0.294. The number of ether oxygens (including phenoxy) is 2. The molecular formula is C32H32F5N3O4. The Labute approximate surface area is 251 Å². The van der Waals surface area contributed by atoms with Gasteiger partial charge in [0.05, 0.1) is 23.4 Å². The summed E-state index contributed by atoms with van der Waals surface area (Å²) in [6.07, 6.45) is -4.88. The molecule has 0 aliphatic carbocycles. The van der Waals surface area contributed by atoms with Gasteiger partial charge in [0.25, 0.3) is 5.88 Å². The van der Waals surface area contributed by atoms with Gasteiger partial charge in [-0.05, 0) is 49.8 Å². The van der Waals surface area contributed by atoms with Gasteiger partial charge in [0.2, 0.25) is 5.65 Å². The van der Waals surface area contributed by atoms with Gasteiger partial charge < -0.3 is 9.47 Å². The van der Waals surface area contributed by atoms with Crippen LogP contribution in [0.25, 0.3) is 5.65 Å². The van der Waals surface area contributed by atoms with Crippen LogP contribution in [0.15, 0.2) is 54.7 Å². The molecule has 0 spiro atoms. The number of Topliss-reactive ketones (excluding diaryl/α,β-unsaturated/α-hetero) is 1. The van der Waals surface area contributed by atoms with E-state index in [1.54, 1.807) is 57.3 Å². The van der Waals surface area contributed by atoms with Crippen LogP contribution in [-0.2, 0) is 22.7 Å². The van der Waals surface area contributed by atoms with Crippen LogP contribution in [0.2, 0.25) is 0 Å². The topological polar surface area (TPSA) is 82.8 Å². The maximum absolute atomic E-state index is 14.1. The largest absolute Gasteiger partial charge is 0.470 e. The van der Waals surface area contributed by atoms with Gasteiger partial charge in [-0.2, -0.15) is 13.2 Å². The van der Waals surface area contributed by atoms with E-state index < -0.39 is 48.0 Å². The number of ketones is 1. The number of rotatable bonds is 13. The van der Waals surface area contributed by atoms with Crippen LogP contribution in [0, 0.1) is 30.9 Å². The van der Waals surface area contributed by atoms with Gasteiger partial charge in [-0.1, -0.05) is 43.3 Å². The molecule has 0 fully saturated rings. The number of aromatic nitrogens is 3. The first-order valence-electron chi connectivity index (χ1n) is 14.0. The molecule has 7 nitrogen and oxygen atoms in total. The summed E-state index contributed by atoms with van der Waals surface area (Å²) in [6, 6.07) is 12.3. The van der Waals surface area contributed by atoms with Crippen molar-refractivity contribution in [2.45, 2.75) is 72.3 Å². The minimum Gasteiger partial charge on any atom is -0.470 e. The lowest BCUT2D eigenvalue weighted by Gasteiger charge is -2.29. The van der Waals surface area contributed by atoms with Crippen molar-refractivity contribution in [1.82, 2.24) is 14.4 Å². The molecule has 0 amide bonds. The normalized spacial score (nSPS) is 13.1. The molecule has 4 aromatic rings. The number of fused-ring (bicyclic) bond motifs is 1. The van der Waals surface area contributed by atoms with Crippen LogP contribution in [0.1, 0.15) is 72.0 Å². The van der Waals surface area contributed by atoms with Crippen molar-refractivity contribution in [3.05, 3.63) is 94.6 Å². The molecule has 2 heterocycles. The summed E-state index contributed by atoms with van der Waals surface area (Å²) in [5, 5.41) is 0. The molecule has 0 aliphatic heterocycles. The second-order valence-electron chi connectivity index (χ2n) is 11.1. The molecule has 44 heavy (non-hydrogen) atoms. The molecule has 0 bridgehead atoms. The SMILES string of the molecule is Cc1cn2c(C(=O)CCC(C)(CCC(F)(F)F)CC(=O)OCc3ccccc3)c(C)nc2c(OCc2c(F)cccc2F)n1. The average molecular weight is 618 g/mol. The van der Waals surface area contributed by atoms with Gasteiger partial charge in [-0.15, -0.1) is 0 Å². The van der Waals surface area contributed by atoms with Crippen molar-refractivity contribution < 1.29 is 41.0 Å². The third-order valence-electron chi connectivity index (χ3n) is 7.33. The fourth-order valence-corrected chi connectivity index (χ4v) is 4.91. The van der Waals surface area contributed by atoms with E-state index in [1.807, 2.05) is 0 Å². The number of halogens is 5. The highest BCUT2D eigenvalue weighted by Crippen LogP contribution is 2.38. The molecule has 2 aromatic heterocycles.